The fourth-order valence-electron chi connectivity index (χ4n) is 8.67. The lowest BCUT2D eigenvalue weighted by molar-refractivity contribution is -0.224. The topological polar surface area (TPSA) is 140 Å². The van der Waals surface area contributed by atoms with E-state index in [1.54, 1.807) is 0 Å². The number of hydrogen-bond donors (Lipinski definition) is 3. The first-order valence-corrected chi connectivity index (χ1v) is 16.9. The van der Waals surface area contributed by atoms with Crippen molar-refractivity contribution in [2.24, 2.45) is 17.8 Å². The normalized spacial score (nSPS) is 30.0. The van der Waals surface area contributed by atoms with E-state index >= 15 is 4.79 Å². The fourth-order valence-corrected chi connectivity index (χ4v) is 8.67. The summed E-state index contributed by atoms with van der Waals surface area (Å²) in [6.07, 6.45) is 8.98. The molecule has 9 heteroatoms. The number of methoxy groups -OCH3 is 1. The summed E-state index contributed by atoms with van der Waals surface area (Å²) in [7, 11) is 1.47. The Morgan fingerprint density at radius 3 is 2.19 bits per heavy atom. The van der Waals surface area contributed by atoms with Crippen LogP contribution < -0.4 is 4.74 Å². The number of carboxylic acid groups (broad SMARTS) is 1. The Balaban J connectivity index is 1.75. The Kier molecular flexibility index (Phi) is 9.38. The number of carbonyl (C=O) groups excluding carboxylic acids is 2. The van der Waals surface area contributed by atoms with Crippen molar-refractivity contribution in [1.82, 2.24) is 0 Å². The number of hydrogen-bond acceptors (Lipinski definition) is 8. The van der Waals surface area contributed by atoms with E-state index in [1.807, 2.05) is 46.8 Å². The number of ether oxygens (including phenoxy) is 3. The van der Waals surface area contributed by atoms with Gasteiger partial charge in [0.15, 0.2) is 22.8 Å². The summed E-state index contributed by atoms with van der Waals surface area (Å²) in [5.41, 5.74) is -0.320. The van der Waals surface area contributed by atoms with Crippen LogP contribution in [0.2, 0.25) is 0 Å². The van der Waals surface area contributed by atoms with E-state index in [9.17, 15) is 24.9 Å². The molecule has 6 atom stereocenters. The van der Waals surface area contributed by atoms with Crippen LogP contribution in [0.4, 0.5) is 0 Å². The van der Waals surface area contributed by atoms with E-state index in [4.69, 9.17) is 14.2 Å². The summed E-state index contributed by atoms with van der Waals surface area (Å²) in [6.45, 7) is 15.1. The molecule has 1 spiro atoms. The molecule has 0 radical (unpaired) electrons. The number of aromatic hydroxyl groups is 2. The van der Waals surface area contributed by atoms with Gasteiger partial charge in [-0.05, 0) is 87.5 Å². The molecule has 2 aliphatic heterocycles. The number of carbonyl (C=O) groups is 3. The van der Waals surface area contributed by atoms with Crippen molar-refractivity contribution in [3.8, 4) is 17.2 Å². The Labute approximate surface area is 283 Å². The summed E-state index contributed by atoms with van der Waals surface area (Å²) in [4.78, 5) is 41.4. The molecule has 6 rings (SSSR count). The van der Waals surface area contributed by atoms with Crippen LogP contribution in [0.25, 0.3) is 0 Å². The van der Waals surface area contributed by atoms with Gasteiger partial charge in [0.2, 0.25) is 0 Å². The largest absolute Gasteiger partial charge is 0.507 e. The zero-order valence-electron chi connectivity index (χ0n) is 29.7. The first-order valence-electron chi connectivity index (χ1n) is 16.9. The SMILES string of the molecule is COC1C2CC3C(C)(C)OC(CC=C(C)C(=O)O)(C2=O)C32Oc3c(CC=C(C)C)c(O)c(CC=C(C)CCC=C(C)C)c(O)c3C(=O)C12. The van der Waals surface area contributed by atoms with Crippen molar-refractivity contribution < 1.29 is 43.9 Å². The van der Waals surface area contributed by atoms with Crippen molar-refractivity contribution in [3.05, 3.63) is 63.3 Å². The maximum Gasteiger partial charge on any atom is 0.330 e. The molecule has 4 fully saturated rings. The minimum atomic E-state index is -1.70. The predicted octanol–water partition coefficient (Wildman–Crippen LogP) is 6.97. The third kappa shape index (κ3) is 5.34. The first kappa shape index (κ1) is 35.6. The van der Waals surface area contributed by atoms with Crippen LogP contribution >= 0.6 is 0 Å². The van der Waals surface area contributed by atoms with Crippen LogP contribution in [0.5, 0.6) is 17.2 Å². The summed E-state index contributed by atoms with van der Waals surface area (Å²) < 4.78 is 19.7. The predicted molar refractivity (Wildman–Crippen MR) is 182 cm³/mol. The Bertz CT molecular complexity index is 1670. The number of phenols is 2. The zero-order chi connectivity index (χ0) is 35.5. The Morgan fingerprint density at radius 1 is 0.938 bits per heavy atom. The maximum atomic E-state index is 15.0. The van der Waals surface area contributed by atoms with E-state index in [0.29, 0.717) is 12.0 Å². The molecule has 0 amide bonds. The molecule has 6 unspecified atom stereocenters. The van der Waals surface area contributed by atoms with Crippen molar-refractivity contribution in [1.29, 1.82) is 0 Å². The van der Waals surface area contributed by atoms with Crippen LogP contribution in [0.3, 0.4) is 0 Å². The average molecular weight is 663 g/mol. The average Bonchev–Trinajstić information content (AvgIpc) is 3.14. The Hall–Kier alpha value is -3.69. The molecule has 260 valence electrons. The highest BCUT2D eigenvalue weighted by Crippen LogP contribution is 2.70. The van der Waals surface area contributed by atoms with Gasteiger partial charge < -0.3 is 29.5 Å². The number of phenolic OH excluding ortho intramolecular Hbond substituents is 2. The number of ketones is 2. The first-order chi connectivity index (χ1) is 22.4. The minimum Gasteiger partial charge on any atom is -0.507 e. The van der Waals surface area contributed by atoms with E-state index in [2.05, 4.69) is 19.9 Å². The number of carboxylic acids is 1. The lowest BCUT2D eigenvalue weighted by Gasteiger charge is -2.62. The molecule has 1 aromatic carbocycles. The number of benzene rings is 1. The van der Waals surface area contributed by atoms with Crippen LogP contribution in [0, 0.1) is 17.8 Å². The molecule has 1 saturated heterocycles. The van der Waals surface area contributed by atoms with Crippen molar-refractivity contribution >= 4 is 17.5 Å². The molecular weight excluding hydrogens is 612 g/mol. The zero-order valence-corrected chi connectivity index (χ0v) is 29.7. The van der Waals surface area contributed by atoms with Gasteiger partial charge in [-0.3, -0.25) is 9.59 Å². The minimum absolute atomic E-state index is 0.0298. The van der Waals surface area contributed by atoms with Crippen molar-refractivity contribution in [3.63, 3.8) is 0 Å². The second kappa shape index (κ2) is 12.6. The molecule has 3 saturated carbocycles. The van der Waals surface area contributed by atoms with Gasteiger partial charge in [-0.1, -0.05) is 41.0 Å². The number of Topliss-reactive ketones (excluding diaryl/α,β-unsaturated/α-hetero) is 2. The van der Waals surface area contributed by atoms with Gasteiger partial charge in [0.25, 0.3) is 0 Å². The van der Waals surface area contributed by atoms with E-state index in [0.717, 1.165) is 24.0 Å². The van der Waals surface area contributed by atoms with Gasteiger partial charge in [-0.15, -0.1) is 0 Å². The summed E-state index contributed by atoms with van der Waals surface area (Å²) in [6, 6.07) is 0. The number of aliphatic carboxylic acids is 1. The molecule has 1 aromatic rings. The number of allylic oxidation sites excluding steroid dienone is 6. The fraction of sp³-hybridized carbons (Fsp3) is 0.564. The molecular formula is C39H50O9. The molecule has 3 N–H and O–H groups in total. The summed E-state index contributed by atoms with van der Waals surface area (Å²) in [5, 5.41) is 33.3. The molecule has 48 heavy (non-hydrogen) atoms. The van der Waals surface area contributed by atoms with Gasteiger partial charge >= 0.3 is 5.97 Å². The lowest BCUT2D eigenvalue weighted by Crippen LogP contribution is -2.80. The van der Waals surface area contributed by atoms with Crippen molar-refractivity contribution in [2.45, 2.75) is 117 Å². The molecule has 5 aliphatic rings. The number of rotatable bonds is 11. The Morgan fingerprint density at radius 2 is 1.58 bits per heavy atom. The van der Waals surface area contributed by atoms with Gasteiger partial charge in [0.1, 0.15) is 22.8 Å². The quantitative estimate of drug-likeness (QED) is 0.169. The number of fused-ring (bicyclic) bond motifs is 1. The highest BCUT2D eigenvalue weighted by atomic mass is 16.6. The van der Waals surface area contributed by atoms with Gasteiger partial charge in [0.05, 0.1) is 17.6 Å². The molecule has 4 bridgehead atoms. The highest BCUT2D eigenvalue weighted by Gasteiger charge is 2.85. The molecule has 9 nitrogen and oxygen atoms in total. The maximum absolute atomic E-state index is 15.0. The van der Waals surface area contributed by atoms with Crippen LogP contribution in [0.15, 0.2) is 46.6 Å². The molecule has 0 aromatic heterocycles. The molecule has 3 aliphatic carbocycles. The van der Waals surface area contributed by atoms with E-state index < -0.39 is 52.4 Å². The molecule has 2 heterocycles. The van der Waals surface area contributed by atoms with E-state index in [1.165, 1.54) is 25.7 Å². The van der Waals surface area contributed by atoms with Gasteiger partial charge in [-0.25, -0.2) is 4.79 Å². The second-order valence-electron chi connectivity index (χ2n) is 15.0. The summed E-state index contributed by atoms with van der Waals surface area (Å²) in [5.74, 6) is -4.50. The third-order valence-electron chi connectivity index (χ3n) is 11.0. The van der Waals surface area contributed by atoms with Crippen LogP contribution in [-0.4, -0.2) is 62.9 Å². The van der Waals surface area contributed by atoms with Crippen LogP contribution in [-0.2, 0) is 31.9 Å². The van der Waals surface area contributed by atoms with Gasteiger partial charge in [-0.2, -0.15) is 0 Å². The van der Waals surface area contributed by atoms with Crippen LogP contribution in [0.1, 0.15) is 103 Å². The van der Waals surface area contributed by atoms with Gasteiger partial charge in [0, 0.05) is 42.1 Å². The summed E-state index contributed by atoms with van der Waals surface area (Å²) >= 11 is 0. The monoisotopic (exact) mass is 662 g/mol. The third-order valence-corrected chi connectivity index (χ3v) is 11.0. The smallest absolute Gasteiger partial charge is 0.330 e. The van der Waals surface area contributed by atoms with Crippen molar-refractivity contribution in [2.75, 3.05) is 7.11 Å². The lowest BCUT2D eigenvalue weighted by atomic mass is 9.45. The van der Waals surface area contributed by atoms with E-state index in [-0.39, 0.29) is 59.0 Å². The highest BCUT2D eigenvalue weighted by molar-refractivity contribution is 6.09. The standard InChI is InChI=1S/C39H50O9/c1-20(2)11-10-12-22(5)14-16-24-30(40)25(15-13-21(3)4)33-28(31(24)41)32(42)29-34(46-9)26-19-27-37(7,8)48-38(35(26)43,39(27,29)47-33)18-17-23(6)36(44)45/h11,13-14,17,26-27,29,34,40-41H,10,12,15-16,18-19H2,1-9H3,(H,44,45). The second-order valence-corrected chi connectivity index (χ2v) is 15.0.